The molecule has 1 saturated heterocycles. The maximum atomic E-state index is 12.4. The van der Waals surface area contributed by atoms with Gasteiger partial charge in [0.15, 0.2) is 0 Å². The first-order valence-electron chi connectivity index (χ1n) is 9.77. The number of aromatic nitrogens is 1. The lowest BCUT2D eigenvalue weighted by Gasteiger charge is -2.34. The molecule has 0 aliphatic carbocycles. The van der Waals surface area contributed by atoms with E-state index in [1.807, 2.05) is 55.1 Å². The summed E-state index contributed by atoms with van der Waals surface area (Å²) in [6, 6.07) is 10.9. The molecule has 0 bridgehead atoms. The van der Waals surface area contributed by atoms with Gasteiger partial charge in [-0.05, 0) is 50.2 Å². The highest BCUT2D eigenvalue weighted by atomic mass is 16.5. The lowest BCUT2D eigenvalue weighted by molar-refractivity contribution is -0.117. The molecule has 0 unspecified atom stereocenters. The number of urea groups is 1. The summed E-state index contributed by atoms with van der Waals surface area (Å²) in [6.45, 7) is 7.17. The number of hydrogen-bond donors (Lipinski definition) is 2. The maximum absolute atomic E-state index is 12.4. The van der Waals surface area contributed by atoms with Crippen molar-refractivity contribution in [2.24, 2.45) is 0 Å². The number of nitrogens with one attached hydrogen (secondary N) is 2. The number of carbonyl (C=O) groups is 2. The van der Waals surface area contributed by atoms with E-state index in [0.717, 1.165) is 17.1 Å². The van der Waals surface area contributed by atoms with Gasteiger partial charge >= 0.3 is 6.03 Å². The third-order valence-electron chi connectivity index (χ3n) is 4.64. The van der Waals surface area contributed by atoms with Crippen LogP contribution in [-0.2, 0) is 4.79 Å². The van der Waals surface area contributed by atoms with Crippen molar-refractivity contribution in [1.29, 1.82) is 0 Å². The Balaban J connectivity index is 1.41. The number of aryl methyl sites for hydroxylation is 1. The summed E-state index contributed by atoms with van der Waals surface area (Å²) in [6.07, 6.45) is 1.65. The number of amides is 3. The van der Waals surface area contributed by atoms with Crippen LogP contribution in [0.1, 0.15) is 12.6 Å². The predicted molar refractivity (Wildman–Crippen MR) is 112 cm³/mol. The molecule has 1 fully saturated rings. The van der Waals surface area contributed by atoms with Crippen molar-refractivity contribution in [2.75, 3.05) is 50.0 Å². The zero-order chi connectivity index (χ0) is 20.6. The van der Waals surface area contributed by atoms with Crippen molar-refractivity contribution in [3.63, 3.8) is 0 Å². The first-order chi connectivity index (χ1) is 14.0. The first-order valence-corrected chi connectivity index (χ1v) is 9.77. The highest BCUT2D eigenvalue weighted by Crippen LogP contribution is 2.16. The topological polar surface area (TPSA) is 86.8 Å². The van der Waals surface area contributed by atoms with Crippen LogP contribution in [-0.4, -0.2) is 66.1 Å². The van der Waals surface area contributed by atoms with Crippen molar-refractivity contribution < 1.29 is 14.3 Å². The Morgan fingerprint density at radius 2 is 1.69 bits per heavy atom. The molecule has 154 valence electrons. The van der Waals surface area contributed by atoms with Crippen LogP contribution in [0.25, 0.3) is 0 Å². The van der Waals surface area contributed by atoms with Crippen LogP contribution in [0.2, 0.25) is 0 Å². The Hall–Kier alpha value is -3.13. The monoisotopic (exact) mass is 397 g/mol. The maximum Gasteiger partial charge on any atom is 0.321 e. The number of rotatable bonds is 6. The summed E-state index contributed by atoms with van der Waals surface area (Å²) in [5.41, 5.74) is 2.32. The van der Waals surface area contributed by atoms with Gasteiger partial charge in [0, 0.05) is 37.6 Å². The van der Waals surface area contributed by atoms with Gasteiger partial charge in [0.25, 0.3) is 0 Å². The van der Waals surface area contributed by atoms with E-state index in [2.05, 4.69) is 15.6 Å². The number of hydrogen-bond acceptors (Lipinski definition) is 5. The molecule has 2 N–H and O–H groups in total. The molecular formula is C21H27N5O3. The minimum Gasteiger partial charge on any atom is -0.494 e. The van der Waals surface area contributed by atoms with Gasteiger partial charge in [0.1, 0.15) is 5.75 Å². The molecule has 1 aliphatic heterocycles. The quantitative estimate of drug-likeness (QED) is 0.782. The van der Waals surface area contributed by atoms with Gasteiger partial charge in [-0.1, -0.05) is 0 Å². The van der Waals surface area contributed by atoms with Crippen LogP contribution in [0.5, 0.6) is 5.75 Å². The fourth-order valence-corrected chi connectivity index (χ4v) is 3.06. The van der Waals surface area contributed by atoms with Crippen molar-refractivity contribution in [3.8, 4) is 5.75 Å². The second-order valence-electron chi connectivity index (χ2n) is 6.89. The lowest BCUT2D eigenvalue weighted by atomic mass is 10.3. The van der Waals surface area contributed by atoms with E-state index in [1.54, 1.807) is 11.1 Å². The molecule has 3 amide bonds. The van der Waals surface area contributed by atoms with Crippen molar-refractivity contribution in [3.05, 3.63) is 48.3 Å². The summed E-state index contributed by atoms with van der Waals surface area (Å²) in [4.78, 5) is 32.6. The van der Waals surface area contributed by atoms with Gasteiger partial charge in [-0.15, -0.1) is 0 Å². The molecule has 0 spiro atoms. The summed E-state index contributed by atoms with van der Waals surface area (Å²) in [7, 11) is 0. The Labute approximate surface area is 170 Å². The highest BCUT2D eigenvalue weighted by Gasteiger charge is 2.22. The molecular weight excluding hydrogens is 370 g/mol. The molecule has 2 heterocycles. The van der Waals surface area contributed by atoms with Crippen LogP contribution in [0.4, 0.5) is 16.2 Å². The van der Waals surface area contributed by atoms with Gasteiger partial charge < -0.3 is 20.3 Å². The highest BCUT2D eigenvalue weighted by molar-refractivity contribution is 5.92. The number of piperazine rings is 1. The fourth-order valence-electron chi connectivity index (χ4n) is 3.06. The summed E-state index contributed by atoms with van der Waals surface area (Å²) >= 11 is 0. The SMILES string of the molecule is CCOc1ccc(NC(=O)CN2CCN(C(=O)Nc3ccc(C)nc3)CC2)cc1. The molecule has 0 atom stereocenters. The zero-order valence-corrected chi connectivity index (χ0v) is 16.9. The Morgan fingerprint density at radius 3 is 2.31 bits per heavy atom. The van der Waals surface area contributed by atoms with Crippen LogP contribution in [0.3, 0.4) is 0 Å². The van der Waals surface area contributed by atoms with Crippen LogP contribution in [0.15, 0.2) is 42.6 Å². The summed E-state index contributed by atoms with van der Waals surface area (Å²) in [5.74, 6) is 0.708. The second kappa shape index (κ2) is 9.88. The molecule has 8 heteroatoms. The lowest BCUT2D eigenvalue weighted by Crippen LogP contribution is -2.51. The summed E-state index contributed by atoms with van der Waals surface area (Å²) in [5, 5.41) is 5.75. The van der Waals surface area contributed by atoms with Crippen LogP contribution in [0, 0.1) is 6.92 Å². The smallest absolute Gasteiger partial charge is 0.321 e. The van der Waals surface area contributed by atoms with Crippen molar-refractivity contribution in [2.45, 2.75) is 13.8 Å². The molecule has 29 heavy (non-hydrogen) atoms. The molecule has 1 aromatic heterocycles. The van der Waals surface area contributed by atoms with Gasteiger partial charge in [-0.3, -0.25) is 14.7 Å². The van der Waals surface area contributed by atoms with E-state index in [4.69, 9.17) is 4.74 Å². The molecule has 8 nitrogen and oxygen atoms in total. The third kappa shape index (κ3) is 6.18. The number of carbonyl (C=O) groups excluding carboxylic acids is 2. The molecule has 1 aromatic carbocycles. The number of nitrogens with zero attached hydrogens (tertiary/aromatic N) is 3. The van der Waals surface area contributed by atoms with E-state index < -0.39 is 0 Å². The van der Waals surface area contributed by atoms with Crippen LogP contribution >= 0.6 is 0 Å². The number of ether oxygens (including phenoxy) is 1. The average Bonchev–Trinajstić information content (AvgIpc) is 2.72. The van der Waals surface area contributed by atoms with E-state index >= 15 is 0 Å². The largest absolute Gasteiger partial charge is 0.494 e. The second-order valence-corrected chi connectivity index (χ2v) is 6.89. The number of benzene rings is 1. The molecule has 0 radical (unpaired) electrons. The molecule has 1 aliphatic rings. The predicted octanol–water partition coefficient (Wildman–Crippen LogP) is 2.58. The van der Waals surface area contributed by atoms with E-state index in [-0.39, 0.29) is 11.9 Å². The van der Waals surface area contributed by atoms with Crippen molar-refractivity contribution >= 4 is 23.3 Å². The third-order valence-corrected chi connectivity index (χ3v) is 4.64. The first kappa shape index (κ1) is 20.6. The van der Waals surface area contributed by atoms with E-state index in [9.17, 15) is 9.59 Å². The van der Waals surface area contributed by atoms with Crippen LogP contribution < -0.4 is 15.4 Å². The van der Waals surface area contributed by atoms with Gasteiger partial charge in [-0.2, -0.15) is 0 Å². The molecule has 2 aromatic rings. The van der Waals surface area contributed by atoms with E-state index in [0.29, 0.717) is 45.0 Å². The fraction of sp³-hybridized carbons (Fsp3) is 0.381. The zero-order valence-electron chi connectivity index (χ0n) is 16.9. The van der Waals surface area contributed by atoms with Gasteiger partial charge in [0.05, 0.1) is 25.0 Å². The Bertz CT molecular complexity index is 815. The number of anilines is 2. The summed E-state index contributed by atoms with van der Waals surface area (Å²) < 4.78 is 5.40. The van der Waals surface area contributed by atoms with Gasteiger partial charge in [-0.25, -0.2) is 4.79 Å². The van der Waals surface area contributed by atoms with Gasteiger partial charge in [0.2, 0.25) is 5.91 Å². The Morgan fingerprint density at radius 1 is 1.00 bits per heavy atom. The molecule has 3 rings (SSSR count). The molecule has 0 saturated carbocycles. The Kier molecular flexibility index (Phi) is 7.02. The van der Waals surface area contributed by atoms with E-state index in [1.165, 1.54) is 0 Å². The normalized spacial score (nSPS) is 14.3. The number of pyridine rings is 1. The standard InChI is InChI=1S/C21H27N5O3/c1-3-29-19-8-6-17(7-9-19)23-20(27)15-25-10-12-26(13-11-25)21(28)24-18-5-4-16(2)22-14-18/h4-9,14H,3,10-13,15H2,1-2H3,(H,23,27)(H,24,28). The minimum absolute atomic E-state index is 0.0715. The van der Waals surface area contributed by atoms with Crippen molar-refractivity contribution in [1.82, 2.24) is 14.8 Å². The average molecular weight is 397 g/mol. The minimum atomic E-state index is -0.144.